The van der Waals surface area contributed by atoms with Crippen molar-refractivity contribution >= 4 is 28.6 Å². The van der Waals surface area contributed by atoms with Gasteiger partial charge in [-0.3, -0.25) is 9.89 Å². The van der Waals surface area contributed by atoms with Crippen LogP contribution in [-0.4, -0.2) is 37.9 Å². The van der Waals surface area contributed by atoms with E-state index in [0.29, 0.717) is 28.2 Å². The third kappa shape index (κ3) is 2.27. The molecule has 8 nitrogen and oxygen atoms in total. The molecule has 25 heavy (non-hydrogen) atoms. The predicted octanol–water partition coefficient (Wildman–Crippen LogP) is 2.22. The summed E-state index contributed by atoms with van der Waals surface area (Å²) in [6.45, 7) is 3.75. The van der Waals surface area contributed by atoms with Crippen LogP contribution in [0.5, 0.6) is 0 Å². The molecule has 3 aromatic rings. The second-order valence-electron chi connectivity index (χ2n) is 5.95. The van der Waals surface area contributed by atoms with E-state index >= 15 is 0 Å². The number of H-pyrrole nitrogens is 1. The Labute approximate surface area is 142 Å². The molecule has 0 radical (unpaired) electrons. The summed E-state index contributed by atoms with van der Waals surface area (Å²) in [6, 6.07) is 3.98. The Bertz CT molecular complexity index is 1020. The van der Waals surface area contributed by atoms with E-state index in [9.17, 15) is 9.18 Å². The van der Waals surface area contributed by atoms with Crippen molar-refractivity contribution in [3.05, 3.63) is 41.6 Å². The van der Waals surface area contributed by atoms with Crippen molar-refractivity contribution in [2.45, 2.75) is 19.9 Å². The molecule has 1 aromatic carbocycles. The summed E-state index contributed by atoms with van der Waals surface area (Å²) in [5.41, 5.74) is 1.88. The first kappa shape index (κ1) is 15.3. The van der Waals surface area contributed by atoms with Gasteiger partial charge in [0.15, 0.2) is 5.82 Å². The first-order valence-electron chi connectivity index (χ1n) is 7.76. The molecule has 3 heterocycles. The Balaban J connectivity index is 1.69. The Morgan fingerprint density at radius 1 is 1.40 bits per heavy atom. The highest BCUT2D eigenvalue weighted by Gasteiger charge is 2.32. The van der Waals surface area contributed by atoms with Gasteiger partial charge >= 0.3 is 0 Å². The zero-order valence-corrected chi connectivity index (χ0v) is 13.9. The van der Waals surface area contributed by atoms with Gasteiger partial charge in [0, 0.05) is 18.1 Å². The quantitative estimate of drug-likeness (QED) is 0.746. The van der Waals surface area contributed by atoms with E-state index in [2.05, 4.69) is 25.6 Å². The van der Waals surface area contributed by atoms with Gasteiger partial charge in [0.1, 0.15) is 12.1 Å². The van der Waals surface area contributed by atoms with Gasteiger partial charge in [0.2, 0.25) is 5.95 Å². The number of nitrogens with one attached hydrogen (secondary N) is 2. The molecular formula is C16H16FN7O. The Hall–Kier alpha value is -3.23. The maximum absolute atomic E-state index is 13.3. The van der Waals surface area contributed by atoms with Crippen molar-refractivity contribution in [3.63, 3.8) is 0 Å². The van der Waals surface area contributed by atoms with Crippen LogP contribution >= 0.6 is 0 Å². The molecule has 4 rings (SSSR count). The number of halogens is 1. The van der Waals surface area contributed by atoms with Crippen LogP contribution < -0.4 is 10.2 Å². The average Bonchev–Trinajstić information content (AvgIpc) is 3.20. The predicted molar refractivity (Wildman–Crippen MR) is 90.5 cm³/mol. The zero-order valence-electron chi connectivity index (χ0n) is 13.9. The van der Waals surface area contributed by atoms with Gasteiger partial charge in [-0.2, -0.15) is 15.2 Å². The van der Waals surface area contributed by atoms with Crippen molar-refractivity contribution in [3.8, 4) is 0 Å². The van der Waals surface area contributed by atoms with Crippen molar-refractivity contribution < 1.29 is 9.18 Å². The van der Waals surface area contributed by atoms with Gasteiger partial charge in [0.25, 0.3) is 5.91 Å². The molecule has 0 spiro atoms. The van der Waals surface area contributed by atoms with Crippen molar-refractivity contribution in [2.24, 2.45) is 0 Å². The van der Waals surface area contributed by atoms with Crippen LogP contribution in [0.15, 0.2) is 35.8 Å². The van der Waals surface area contributed by atoms with E-state index in [1.165, 1.54) is 18.5 Å². The molecule has 0 saturated heterocycles. The SMILES string of the molecule is CC1=C(C(=O)Nc2n[nH]c3cc(F)ccc23)C(C)n2ncnc2N1C. The monoisotopic (exact) mass is 341 g/mol. The molecule has 2 N–H and O–H groups in total. The number of rotatable bonds is 2. The molecular weight excluding hydrogens is 325 g/mol. The largest absolute Gasteiger partial charge is 0.317 e. The fraction of sp³-hybridized carbons (Fsp3) is 0.250. The number of amides is 1. The van der Waals surface area contributed by atoms with Crippen LogP contribution in [0.2, 0.25) is 0 Å². The fourth-order valence-electron chi connectivity index (χ4n) is 3.13. The first-order valence-corrected chi connectivity index (χ1v) is 7.76. The highest BCUT2D eigenvalue weighted by atomic mass is 19.1. The fourth-order valence-corrected chi connectivity index (χ4v) is 3.13. The summed E-state index contributed by atoms with van der Waals surface area (Å²) < 4.78 is 15.0. The molecule has 1 aliphatic heterocycles. The Morgan fingerprint density at radius 3 is 3.00 bits per heavy atom. The number of aromatic amines is 1. The third-order valence-corrected chi connectivity index (χ3v) is 4.53. The average molecular weight is 341 g/mol. The number of carbonyl (C=O) groups excluding carboxylic acids is 1. The van der Waals surface area contributed by atoms with Gasteiger partial charge < -0.3 is 10.2 Å². The van der Waals surface area contributed by atoms with Crippen molar-refractivity contribution in [2.75, 3.05) is 17.3 Å². The molecule has 0 aliphatic carbocycles. The number of allylic oxidation sites excluding steroid dienone is 1. The highest BCUT2D eigenvalue weighted by molar-refractivity contribution is 6.08. The van der Waals surface area contributed by atoms with Crippen LogP contribution in [-0.2, 0) is 4.79 Å². The maximum atomic E-state index is 13.3. The molecule has 128 valence electrons. The minimum Gasteiger partial charge on any atom is -0.317 e. The van der Waals surface area contributed by atoms with Gasteiger partial charge in [0.05, 0.1) is 17.1 Å². The van der Waals surface area contributed by atoms with Gasteiger partial charge in [-0.15, -0.1) is 0 Å². The smallest absolute Gasteiger partial charge is 0.256 e. The van der Waals surface area contributed by atoms with E-state index in [0.717, 1.165) is 5.70 Å². The van der Waals surface area contributed by atoms with E-state index < -0.39 is 0 Å². The van der Waals surface area contributed by atoms with Crippen molar-refractivity contribution in [1.29, 1.82) is 0 Å². The molecule has 0 saturated carbocycles. The molecule has 1 atom stereocenters. The number of anilines is 2. The van der Waals surface area contributed by atoms with Crippen LogP contribution in [0.4, 0.5) is 16.2 Å². The zero-order chi connectivity index (χ0) is 17.7. The van der Waals surface area contributed by atoms with Crippen LogP contribution in [0, 0.1) is 5.82 Å². The number of hydrogen-bond donors (Lipinski definition) is 2. The molecule has 1 unspecified atom stereocenters. The number of benzene rings is 1. The Morgan fingerprint density at radius 2 is 2.20 bits per heavy atom. The van der Waals surface area contributed by atoms with E-state index in [1.54, 1.807) is 10.7 Å². The summed E-state index contributed by atoms with van der Waals surface area (Å²) in [5, 5.41) is 14.5. The lowest BCUT2D eigenvalue weighted by molar-refractivity contribution is -0.113. The van der Waals surface area contributed by atoms with Crippen LogP contribution in [0.3, 0.4) is 0 Å². The lowest BCUT2D eigenvalue weighted by Crippen LogP contribution is -2.34. The molecule has 0 fully saturated rings. The summed E-state index contributed by atoms with van der Waals surface area (Å²) in [5.74, 6) is 0.395. The number of nitrogens with zero attached hydrogens (tertiary/aromatic N) is 5. The first-order chi connectivity index (χ1) is 12.0. The highest BCUT2D eigenvalue weighted by Crippen LogP contribution is 2.33. The lowest BCUT2D eigenvalue weighted by Gasteiger charge is -2.31. The minimum atomic E-state index is -0.367. The number of carbonyl (C=O) groups is 1. The third-order valence-electron chi connectivity index (χ3n) is 4.53. The Kier molecular flexibility index (Phi) is 3.31. The van der Waals surface area contributed by atoms with Crippen molar-refractivity contribution in [1.82, 2.24) is 25.0 Å². The number of fused-ring (bicyclic) bond motifs is 2. The molecule has 0 bridgehead atoms. The minimum absolute atomic E-state index is 0.267. The number of hydrogen-bond acceptors (Lipinski definition) is 5. The molecule has 1 aliphatic rings. The summed E-state index contributed by atoms with van der Waals surface area (Å²) in [7, 11) is 1.84. The number of aromatic nitrogens is 5. The standard InChI is InChI=1S/C16H16FN7O/c1-8-13(9(2)24-16(23(8)3)18-7-19-24)15(25)20-14-11-5-4-10(17)6-12(11)21-22-14/h4-7,9H,1-3H3,(H2,20,21,22,25). The molecule has 2 aromatic heterocycles. The van der Waals surface area contributed by atoms with Crippen LogP contribution in [0.1, 0.15) is 19.9 Å². The topological polar surface area (TPSA) is 91.7 Å². The summed E-state index contributed by atoms with van der Waals surface area (Å²) >= 11 is 0. The second-order valence-corrected chi connectivity index (χ2v) is 5.95. The van der Waals surface area contributed by atoms with E-state index in [-0.39, 0.29) is 17.8 Å². The molecule has 1 amide bonds. The van der Waals surface area contributed by atoms with Gasteiger partial charge in [-0.05, 0) is 32.0 Å². The van der Waals surface area contributed by atoms with Gasteiger partial charge in [-0.25, -0.2) is 9.07 Å². The van der Waals surface area contributed by atoms with E-state index in [4.69, 9.17) is 0 Å². The second kappa shape index (κ2) is 5.40. The molecule has 9 heteroatoms. The summed E-state index contributed by atoms with van der Waals surface area (Å²) in [4.78, 5) is 18.9. The lowest BCUT2D eigenvalue weighted by atomic mass is 10.0. The van der Waals surface area contributed by atoms with E-state index in [1.807, 2.05) is 25.8 Å². The van der Waals surface area contributed by atoms with Gasteiger partial charge in [-0.1, -0.05) is 0 Å². The normalized spacial score (nSPS) is 17.1. The summed E-state index contributed by atoms with van der Waals surface area (Å²) in [6.07, 6.45) is 1.46. The maximum Gasteiger partial charge on any atom is 0.256 e. The van der Waals surface area contributed by atoms with Crippen LogP contribution in [0.25, 0.3) is 10.9 Å².